The van der Waals surface area contributed by atoms with Gasteiger partial charge in [-0.05, 0) is 60.7 Å². The first-order valence-electron chi connectivity index (χ1n) is 12.8. The van der Waals surface area contributed by atoms with E-state index in [4.69, 9.17) is 19.3 Å². The van der Waals surface area contributed by atoms with Gasteiger partial charge in [0.15, 0.2) is 0 Å². The van der Waals surface area contributed by atoms with Gasteiger partial charge in [0, 0.05) is 57.9 Å². The lowest BCUT2D eigenvalue weighted by Gasteiger charge is -2.33. The van der Waals surface area contributed by atoms with Crippen molar-refractivity contribution in [2.75, 3.05) is 51.5 Å². The largest absolute Gasteiger partial charge is 0.494 e. The molecule has 2 heterocycles. The van der Waals surface area contributed by atoms with Crippen LogP contribution in [0.1, 0.15) is 48.3 Å². The van der Waals surface area contributed by atoms with E-state index in [1.807, 2.05) is 17.0 Å². The highest BCUT2D eigenvalue weighted by Crippen LogP contribution is 2.32. The van der Waals surface area contributed by atoms with Gasteiger partial charge in [0.1, 0.15) is 5.75 Å². The van der Waals surface area contributed by atoms with Crippen molar-refractivity contribution >= 4 is 11.6 Å². The number of fused-ring (bicyclic) bond motifs is 1. The summed E-state index contributed by atoms with van der Waals surface area (Å²) in [5, 5.41) is 12.4. The molecule has 2 N–H and O–H groups in total. The molecule has 7 heteroatoms. The molecule has 0 radical (unpaired) electrons. The number of aliphatic hydroxyl groups is 1. The number of nitrogens with zero attached hydrogens (tertiary/aromatic N) is 1. The van der Waals surface area contributed by atoms with Crippen LogP contribution in [0.2, 0.25) is 0 Å². The molecular weight excluding hydrogens is 444 g/mol. The fraction of sp³-hybridized carbons (Fsp3) is 0.536. The third-order valence-electron chi connectivity index (χ3n) is 6.85. The number of rotatable bonds is 12. The van der Waals surface area contributed by atoms with Crippen LogP contribution in [0, 0.1) is 0 Å². The highest BCUT2D eigenvalue weighted by atomic mass is 16.5. The van der Waals surface area contributed by atoms with E-state index in [0.717, 1.165) is 49.4 Å². The van der Waals surface area contributed by atoms with Gasteiger partial charge < -0.3 is 29.5 Å². The summed E-state index contributed by atoms with van der Waals surface area (Å²) in [6.07, 6.45) is 3.90. The first kappa shape index (κ1) is 25.6. The van der Waals surface area contributed by atoms with Gasteiger partial charge in [-0.25, -0.2) is 0 Å². The van der Waals surface area contributed by atoms with Gasteiger partial charge in [-0.1, -0.05) is 24.3 Å². The summed E-state index contributed by atoms with van der Waals surface area (Å²) in [5.74, 6) is 1.33. The van der Waals surface area contributed by atoms with E-state index in [1.165, 1.54) is 11.1 Å². The molecule has 1 amide bonds. The zero-order chi connectivity index (χ0) is 24.5. The zero-order valence-electron chi connectivity index (χ0n) is 20.7. The second-order valence-corrected chi connectivity index (χ2v) is 9.30. The zero-order valence-corrected chi connectivity index (χ0v) is 20.7. The average molecular weight is 483 g/mol. The Morgan fingerprint density at radius 3 is 2.74 bits per heavy atom. The maximum atomic E-state index is 12.6. The minimum atomic E-state index is 0.0698. The molecule has 2 aliphatic heterocycles. The molecular formula is C28H38N2O5. The average Bonchev–Trinajstić information content (AvgIpc) is 2.89. The Morgan fingerprint density at radius 2 is 1.94 bits per heavy atom. The lowest BCUT2D eigenvalue weighted by molar-refractivity contribution is -0.118. The topological polar surface area (TPSA) is 80.3 Å². The van der Waals surface area contributed by atoms with Crippen molar-refractivity contribution < 1.29 is 24.1 Å². The number of carbonyl (C=O) groups excluding carboxylic acids is 1. The monoisotopic (exact) mass is 482 g/mol. The fourth-order valence-electron chi connectivity index (χ4n) is 4.94. The van der Waals surface area contributed by atoms with E-state index >= 15 is 0 Å². The summed E-state index contributed by atoms with van der Waals surface area (Å²) < 4.78 is 17.3. The van der Waals surface area contributed by atoms with Crippen molar-refractivity contribution in [3.63, 3.8) is 0 Å². The molecule has 0 bridgehead atoms. The van der Waals surface area contributed by atoms with Gasteiger partial charge in [-0.15, -0.1) is 0 Å². The number of piperidine rings is 1. The van der Waals surface area contributed by atoms with Gasteiger partial charge in [-0.3, -0.25) is 4.79 Å². The SMILES string of the molecule is COCCCN1C(=O)CCc2ccc(COC3CNCC[C@@H]3c3ccc(OCCCO)cc3)cc21. The van der Waals surface area contributed by atoms with Crippen molar-refractivity contribution in [1.29, 1.82) is 0 Å². The van der Waals surface area contributed by atoms with Crippen LogP contribution >= 0.6 is 0 Å². The molecule has 0 spiro atoms. The first-order chi connectivity index (χ1) is 17.2. The molecule has 35 heavy (non-hydrogen) atoms. The number of benzene rings is 2. The molecule has 0 aliphatic carbocycles. The smallest absolute Gasteiger partial charge is 0.227 e. The predicted octanol–water partition coefficient (Wildman–Crippen LogP) is 3.43. The molecule has 2 aliphatic rings. The lowest BCUT2D eigenvalue weighted by atomic mass is 9.87. The van der Waals surface area contributed by atoms with Gasteiger partial charge in [0.05, 0.1) is 19.3 Å². The highest BCUT2D eigenvalue weighted by Gasteiger charge is 2.28. The molecule has 1 saturated heterocycles. The summed E-state index contributed by atoms with van der Waals surface area (Å²) in [4.78, 5) is 14.5. The van der Waals surface area contributed by atoms with Crippen LogP contribution in [0.3, 0.4) is 0 Å². The van der Waals surface area contributed by atoms with Crippen LogP contribution in [0.5, 0.6) is 5.75 Å². The number of amides is 1. The summed E-state index contributed by atoms with van der Waals surface area (Å²) in [5.41, 5.74) is 4.59. The number of ether oxygens (including phenoxy) is 3. The molecule has 2 aromatic rings. The minimum absolute atomic E-state index is 0.0698. The van der Waals surface area contributed by atoms with E-state index in [1.54, 1.807) is 7.11 Å². The maximum absolute atomic E-state index is 12.6. The Hall–Kier alpha value is -2.45. The second kappa shape index (κ2) is 13.0. The third-order valence-corrected chi connectivity index (χ3v) is 6.85. The Balaban J connectivity index is 1.40. The highest BCUT2D eigenvalue weighted by molar-refractivity contribution is 5.96. The van der Waals surface area contributed by atoms with E-state index in [0.29, 0.717) is 45.1 Å². The summed E-state index contributed by atoms with van der Waals surface area (Å²) in [7, 11) is 1.69. The second-order valence-electron chi connectivity index (χ2n) is 9.30. The molecule has 0 aromatic heterocycles. The molecule has 2 aromatic carbocycles. The number of methoxy groups -OCH3 is 1. The van der Waals surface area contributed by atoms with Gasteiger partial charge in [0.25, 0.3) is 0 Å². The van der Waals surface area contributed by atoms with Crippen molar-refractivity contribution in [3.8, 4) is 5.75 Å². The summed E-state index contributed by atoms with van der Waals surface area (Å²) in [6.45, 7) is 4.27. The minimum Gasteiger partial charge on any atom is -0.494 e. The Kier molecular flexibility index (Phi) is 9.54. The summed E-state index contributed by atoms with van der Waals surface area (Å²) >= 11 is 0. The van der Waals surface area contributed by atoms with Crippen LogP contribution in [0.15, 0.2) is 42.5 Å². The Labute approximate surface area is 208 Å². The molecule has 1 unspecified atom stereocenters. The quantitative estimate of drug-likeness (QED) is 0.451. The number of nitrogens with one attached hydrogen (secondary N) is 1. The van der Waals surface area contributed by atoms with Gasteiger partial charge in [0.2, 0.25) is 5.91 Å². The third kappa shape index (κ3) is 6.82. The lowest BCUT2D eigenvalue weighted by Crippen LogP contribution is -2.41. The Bertz CT molecular complexity index is 949. The molecule has 0 saturated carbocycles. The number of hydrogen-bond acceptors (Lipinski definition) is 6. The van der Waals surface area contributed by atoms with E-state index < -0.39 is 0 Å². The molecule has 4 rings (SSSR count). The number of anilines is 1. The summed E-state index contributed by atoms with van der Waals surface area (Å²) in [6, 6.07) is 14.7. The number of aryl methyl sites for hydroxylation is 1. The molecule has 7 nitrogen and oxygen atoms in total. The van der Waals surface area contributed by atoms with Crippen molar-refractivity contribution in [1.82, 2.24) is 5.32 Å². The normalized spacial score (nSPS) is 20.1. The van der Waals surface area contributed by atoms with Gasteiger partial charge >= 0.3 is 0 Å². The number of hydrogen-bond donors (Lipinski definition) is 2. The standard InChI is InChI=1S/C28H38N2O5/c1-33-16-2-14-30-26-18-21(4-5-23(26)8-11-28(30)32)20-35-27-19-29-13-12-25(27)22-6-9-24(10-7-22)34-17-3-15-31/h4-7,9-10,18,25,27,29,31H,2-3,8,11-17,19-20H2,1H3/t25-,27?/m1/s1. The van der Waals surface area contributed by atoms with Gasteiger partial charge in [-0.2, -0.15) is 0 Å². The Morgan fingerprint density at radius 1 is 1.09 bits per heavy atom. The maximum Gasteiger partial charge on any atom is 0.227 e. The first-order valence-corrected chi connectivity index (χ1v) is 12.8. The van der Waals surface area contributed by atoms with Crippen molar-refractivity contribution in [2.24, 2.45) is 0 Å². The predicted molar refractivity (Wildman–Crippen MR) is 136 cm³/mol. The van der Waals surface area contributed by atoms with Crippen LogP contribution in [0.25, 0.3) is 0 Å². The molecule has 190 valence electrons. The van der Waals surface area contributed by atoms with Crippen LogP contribution in [-0.4, -0.2) is 63.7 Å². The fourth-order valence-corrected chi connectivity index (χ4v) is 4.94. The van der Waals surface area contributed by atoms with Crippen LogP contribution in [-0.2, 0) is 27.3 Å². The molecule has 1 fully saturated rings. The van der Waals surface area contributed by atoms with Crippen molar-refractivity contribution in [3.05, 3.63) is 59.2 Å². The van der Waals surface area contributed by atoms with Crippen LogP contribution < -0.4 is 15.0 Å². The molecule has 2 atom stereocenters. The van der Waals surface area contributed by atoms with E-state index in [9.17, 15) is 4.79 Å². The van der Waals surface area contributed by atoms with Crippen molar-refractivity contribution in [2.45, 2.75) is 50.7 Å². The van der Waals surface area contributed by atoms with E-state index in [-0.39, 0.29) is 18.6 Å². The number of aliphatic hydroxyl groups excluding tert-OH is 1. The van der Waals surface area contributed by atoms with E-state index in [2.05, 4.69) is 35.6 Å². The number of carbonyl (C=O) groups is 1. The van der Waals surface area contributed by atoms with Crippen LogP contribution in [0.4, 0.5) is 5.69 Å².